The summed E-state index contributed by atoms with van der Waals surface area (Å²) < 4.78 is 37.6. The molecule has 0 bridgehead atoms. The molecule has 27 heavy (non-hydrogen) atoms. The SMILES string of the molecule is CNCCCNC(=O)C1CCN(S(=O)(=O)c2ccc(OC)c(OC)c2)CC1. The van der Waals surface area contributed by atoms with Crippen LogP contribution in [0.2, 0.25) is 0 Å². The van der Waals surface area contributed by atoms with Crippen molar-refractivity contribution in [2.75, 3.05) is 47.4 Å². The van der Waals surface area contributed by atoms with Gasteiger partial charge in [-0.3, -0.25) is 4.79 Å². The Morgan fingerprint density at radius 2 is 1.81 bits per heavy atom. The molecule has 1 aromatic rings. The van der Waals surface area contributed by atoms with Crippen LogP contribution in [0.4, 0.5) is 0 Å². The molecule has 1 saturated heterocycles. The highest BCUT2D eigenvalue weighted by Gasteiger charge is 2.32. The number of amides is 1. The summed E-state index contributed by atoms with van der Waals surface area (Å²) in [5, 5.41) is 5.96. The average molecular weight is 400 g/mol. The predicted molar refractivity (Wildman–Crippen MR) is 103 cm³/mol. The maximum absolute atomic E-state index is 12.9. The molecule has 1 aliphatic heterocycles. The maximum atomic E-state index is 12.9. The van der Waals surface area contributed by atoms with Gasteiger partial charge in [0.25, 0.3) is 0 Å². The van der Waals surface area contributed by atoms with Gasteiger partial charge in [-0.1, -0.05) is 0 Å². The van der Waals surface area contributed by atoms with E-state index in [-0.39, 0.29) is 16.7 Å². The first kappa shape index (κ1) is 21.5. The number of carbonyl (C=O) groups excluding carboxylic acids is 1. The highest BCUT2D eigenvalue weighted by atomic mass is 32.2. The normalized spacial score (nSPS) is 16.1. The molecule has 1 aromatic carbocycles. The van der Waals surface area contributed by atoms with Gasteiger partial charge in [-0.05, 0) is 45.0 Å². The second-order valence-electron chi connectivity index (χ2n) is 6.44. The monoisotopic (exact) mass is 399 g/mol. The van der Waals surface area contributed by atoms with Crippen LogP contribution in [0.15, 0.2) is 23.1 Å². The molecule has 0 aliphatic carbocycles. The Hall–Kier alpha value is -1.84. The summed E-state index contributed by atoms with van der Waals surface area (Å²) in [6.07, 6.45) is 1.91. The van der Waals surface area contributed by atoms with Crippen LogP contribution in [0, 0.1) is 5.92 Å². The van der Waals surface area contributed by atoms with E-state index in [2.05, 4.69) is 10.6 Å². The molecule has 0 unspecified atom stereocenters. The summed E-state index contributed by atoms with van der Waals surface area (Å²) in [4.78, 5) is 12.4. The highest BCUT2D eigenvalue weighted by Crippen LogP contribution is 2.31. The van der Waals surface area contributed by atoms with Crippen molar-refractivity contribution in [3.63, 3.8) is 0 Å². The fourth-order valence-electron chi connectivity index (χ4n) is 3.11. The molecule has 2 rings (SSSR count). The molecule has 8 nitrogen and oxygen atoms in total. The molecule has 0 atom stereocenters. The molecule has 0 aromatic heterocycles. The van der Waals surface area contributed by atoms with E-state index >= 15 is 0 Å². The molecule has 1 aliphatic rings. The van der Waals surface area contributed by atoms with Crippen LogP contribution in [0.5, 0.6) is 11.5 Å². The number of carbonyl (C=O) groups is 1. The van der Waals surface area contributed by atoms with Crippen molar-refractivity contribution in [3.05, 3.63) is 18.2 Å². The fourth-order valence-corrected chi connectivity index (χ4v) is 4.59. The van der Waals surface area contributed by atoms with Gasteiger partial charge in [0.1, 0.15) is 0 Å². The van der Waals surface area contributed by atoms with Crippen molar-refractivity contribution in [2.45, 2.75) is 24.2 Å². The van der Waals surface area contributed by atoms with Crippen molar-refractivity contribution >= 4 is 15.9 Å². The minimum absolute atomic E-state index is 0.00858. The number of rotatable bonds is 9. The van der Waals surface area contributed by atoms with Crippen LogP contribution in [-0.2, 0) is 14.8 Å². The first-order chi connectivity index (χ1) is 12.9. The summed E-state index contributed by atoms with van der Waals surface area (Å²) in [6, 6.07) is 4.56. The molecule has 1 amide bonds. The van der Waals surface area contributed by atoms with Crippen molar-refractivity contribution in [1.29, 1.82) is 0 Å². The Labute approximate surface area is 161 Å². The second-order valence-corrected chi connectivity index (χ2v) is 8.38. The topological polar surface area (TPSA) is 97.0 Å². The minimum Gasteiger partial charge on any atom is -0.493 e. The van der Waals surface area contributed by atoms with Gasteiger partial charge in [-0.15, -0.1) is 0 Å². The minimum atomic E-state index is -3.64. The zero-order valence-electron chi connectivity index (χ0n) is 16.2. The van der Waals surface area contributed by atoms with Crippen LogP contribution < -0.4 is 20.1 Å². The fraction of sp³-hybridized carbons (Fsp3) is 0.611. The molecule has 9 heteroatoms. The Bertz CT molecular complexity index is 731. The van der Waals surface area contributed by atoms with Gasteiger partial charge in [-0.25, -0.2) is 8.42 Å². The number of benzene rings is 1. The molecule has 0 saturated carbocycles. The number of hydrogen-bond donors (Lipinski definition) is 2. The summed E-state index contributed by atoms with van der Waals surface area (Å²) in [5.41, 5.74) is 0. The molecule has 0 radical (unpaired) electrons. The molecular weight excluding hydrogens is 370 g/mol. The van der Waals surface area contributed by atoms with E-state index in [1.54, 1.807) is 6.07 Å². The first-order valence-corrected chi connectivity index (χ1v) is 10.5. The third-order valence-electron chi connectivity index (χ3n) is 4.72. The van der Waals surface area contributed by atoms with Gasteiger partial charge >= 0.3 is 0 Å². The van der Waals surface area contributed by atoms with E-state index in [1.165, 1.54) is 30.7 Å². The zero-order valence-corrected chi connectivity index (χ0v) is 17.0. The number of hydrogen-bond acceptors (Lipinski definition) is 6. The summed E-state index contributed by atoms with van der Waals surface area (Å²) in [6.45, 7) is 2.13. The Morgan fingerprint density at radius 1 is 1.15 bits per heavy atom. The van der Waals surface area contributed by atoms with Crippen molar-refractivity contribution in [3.8, 4) is 11.5 Å². The Balaban J connectivity index is 1.97. The lowest BCUT2D eigenvalue weighted by Crippen LogP contribution is -2.43. The lowest BCUT2D eigenvalue weighted by atomic mass is 9.97. The van der Waals surface area contributed by atoms with Crippen molar-refractivity contribution in [1.82, 2.24) is 14.9 Å². The van der Waals surface area contributed by atoms with Gasteiger partial charge in [0, 0.05) is 31.6 Å². The number of piperidine rings is 1. The van der Waals surface area contributed by atoms with Gasteiger partial charge in [0.15, 0.2) is 11.5 Å². The van der Waals surface area contributed by atoms with E-state index in [4.69, 9.17) is 9.47 Å². The quantitative estimate of drug-likeness (QED) is 0.597. The van der Waals surface area contributed by atoms with Crippen LogP contribution in [0.1, 0.15) is 19.3 Å². The lowest BCUT2D eigenvalue weighted by Gasteiger charge is -2.30. The van der Waals surface area contributed by atoms with Crippen LogP contribution in [0.25, 0.3) is 0 Å². The number of sulfonamides is 1. The van der Waals surface area contributed by atoms with E-state index in [0.29, 0.717) is 44.0 Å². The van der Waals surface area contributed by atoms with E-state index in [1.807, 2.05) is 7.05 Å². The predicted octanol–water partition coefficient (Wildman–Crippen LogP) is 0.830. The number of nitrogens with zero attached hydrogens (tertiary/aromatic N) is 1. The smallest absolute Gasteiger partial charge is 0.243 e. The van der Waals surface area contributed by atoms with Crippen LogP contribution in [-0.4, -0.2) is 66.1 Å². The largest absolute Gasteiger partial charge is 0.493 e. The molecule has 152 valence electrons. The van der Waals surface area contributed by atoms with Crippen LogP contribution >= 0.6 is 0 Å². The third kappa shape index (κ3) is 5.33. The number of nitrogens with one attached hydrogen (secondary N) is 2. The van der Waals surface area contributed by atoms with E-state index in [9.17, 15) is 13.2 Å². The van der Waals surface area contributed by atoms with Gasteiger partial charge in [0.2, 0.25) is 15.9 Å². The zero-order chi connectivity index (χ0) is 19.9. The Kier molecular flexibility index (Phi) is 7.88. The number of methoxy groups -OCH3 is 2. The van der Waals surface area contributed by atoms with Gasteiger partial charge in [0.05, 0.1) is 19.1 Å². The summed E-state index contributed by atoms with van der Waals surface area (Å²) in [7, 11) is 1.20. The second kappa shape index (κ2) is 9.91. The standard InChI is InChI=1S/C18H29N3O5S/c1-19-9-4-10-20-18(22)14-7-11-21(12-8-14)27(23,24)15-5-6-16(25-2)17(13-15)26-3/h5-6,13-14,19H,4,7-12H2,1-3H3,(H,20,22). The lowest BCUT2D eigenvalue weighted by molar-refractivity contribution is -0.126. The van der Waals surface area contributed by atoms with E-state index < -0.39 is 10.0 Å². The third-order valence-corrected chi connectivity index (χ3v) is 6.61. The molecular formula is C18H29N3O5S. The van der Waals surface area contributed by atoms with Crippen molar-refractivity contribution in [2.24, 2.45) is 5.92 Å². The first-order valence-electron chi connectivity index (χ1n) is 9.08. The average Bonchev–Trinajstić information content (AvgIpc) is 2.70. The Morgan fingerprint density at radius 3 is 2.41 bits per heavy atom. The van der Waals surface area contributed by atoms with Crippen molar-refractivity contribution < 1.29 is 22.7 Å². The summed E-state index contributed by atoms with van der Waals surface area (Å²) >= 11 is 0. The molecule has 1 heterocycles. The van der Waals surface area contributed by atoms with Gasteiger partial charge < -0.3 is 20.1 Å². The van der Waals surface area contributed by atoms with E-state index in [0.717, 1.165) is 13.0 Å². The molecule has 2 N–H and O–H groups in total. The van der Waals surface area contributed by atoms with Crippen LogP contribution in [0.3, 0.4) is 0 Å². The summed E-state index contributed by atoms with van der Waals surface area (Å²) in [5.74, 6) is 0.713. The number of ether oxygens (including phenoxy) is 2. The van der Waals surface area contributed by atoms with Gasteiger partial charge in [-0.2, -0.15) is 4.31 Å². The maximum Gasteiger partial charge on any atom is 0.243 e. The highest BCUT2D eigenvalue weighted by molar-refractivity contribution is 7.89. The molecule has 1 fully saturated rings. The molecule has 0 spiro atoms.